The molecule has 1 N–H and O–H groups in total. The molecule has 1 atom stereocenters. The van der Waals surface area contributed by atoms with E-state index in [1.165, 1.54) is 14.0 Å². The number of carbonyl (C=O) groups is 2. The molecule has 7 heteroatoms. The fourth-order valence-corrected chi connectivity index (χ4v) is 3.20. The van der Waals surface area contributed by atoms with E-state index in [9.17, 15) is 9.59 Å². The molecule has 0 radical (unpaired) electrons. The van der Waals surface area contributed by atoms with E-state index in [2.05, 4.69) is 5.32 Å². The van der Waals surface area contributed by atoms with Crippen molar-refractivity contribution >= 4 is 17.6 Å². The van der Waals surface area contributed by atoms with Crippen LogP contribution < -0.4 is 5.32 Å². The van der Waals surface area contributed by atoms with Crippen LogP contribution in [0.5, 0.6) is 0 Å². The number of benzene rings is 2. The van der Waals surface area contributed by atoms with Gasteiger partial charge in [0.25, 0.3) is 0 Å². The molecule has 1 aliphatic rings. The van der Waals surface area contributed by atoms with Crippen molar-refractivity contribution in [3.63, 3.8) is 0 Å². The Balaban J connectivity index is 2.09. The van der Waals surface area contributed by atoms with Crippen molar-refractivity contribution in [3.05, 3.63) is 64.7 Å². The van der Waals surface area contributed by atoms with Gasteiger partial charge in [-0.25, -0.2) is 4.79 Å². The van der Waals surface area contributed by atoms with Crippen molar-refractivity contribution < 1.29 is 28.5 Å². The zero-order valence-corrected chi connectivity index (χ0v) is 16.1. The summed E-state index contributed by atoms with van der Waals surface area (Å²) in [6.07, 6.45) is -1.25. The van der Waals surface area contributed by atoms with Gasteiger partial charge in [0.2, 0.25) is 0 Å². The quantitative estimate of drug-likeness (QED) is 0.765. The van der Waals surface area contributed by atoms with Crippen LogP contribution >= 0.6 is 0 Å². The summed E-state index contributed by atoms with van der Waals surface area (Å²) in [5, 5.41) is 2.97. The van der Waals surface area contributed by atoms with Crippen LogP contribution in [0.2, 0.25) is 0 Å². The van der Waals surface area contributed by atoms with Crippen molar-refractivity contribution in [3.8, 4) is 0 Å². The SMILES string of the molecule is CNc1ccc(C(OC(C)=O)c2ccccc2C2OCCO2)cc1C(=O)OC. The molecule has 3 rings (SSSR count). The maximum absolute atomic E-state index is 12.2. The Bertz CT molecular complexity index is 860. The third-order valence-electron chi connectivity index (χ3n) is 4.46. The molecule has 1 fully saturated rings. The van der Waals surface area contributed by atoms with E-state index in [-0.39, 0.29) is 0 Å². The molecule has 7 nitrogen and oxygen atoms in total. The summed E-state index contributed by atoms with van der Waals surface area (Å²) in [5.74, 6) is -0.922. The fraction of sp³-hybridized carbons (Fsp3) is 0.333. The van der Waals surface area contributed by atoms with Crippen molar-refractivity contribution in [2.24, 2.45) is 0 Å². The van der Waals surface area contributed by atoms with Gasteiger partial charge in [-0.05, 0) is 17.7 Å². The standard InChI is InChI=1S/C21H23NO6/c1-13(23)28-19(14-8-9-18(22-2)17(12-14)20(24)25-3)15-6-4-5-7-16(15)21-26-10-11-27-21/h4-9,12,19,21-22H,10-11H2,1-3H3. The van der Waals surface area contributed by atoms with Gasteiger partial charge in [-0.3, -0.25) is 4.79 Å². The number of esters is 2. The largest absolute Gasteiger partial charge is 0.465 e. The number of rotatable bonds is 6. The Hall–Kier alpha value is -2.90. The van der Waals surface area contributed by atoms with Crippen molar-refractivity contribution in [1.29, 1.82) is 0 Å². The lowest BCUT2D eigenvalue weighted by molar-refractivity contribution is -0.145. The van der Waals surface area contributed by atoms with E-state index in [0.29, 0.717) is 30.0 Å². The van der Waals surface area contributed by atoms with Crippen LogP contribution in [-0.4, -0.2) is 39.3 Å². The Morgan fingerprint density at radius 2 is 1.86 bits per heavy atom. The summed E-state index contributed by atoms with van der Waals surface area (Å²) in [7, 11) is 3.04. The summed E-state index contributed by atoms with van der Waals surface area (Å²) in [5.41, 5.74) is 3.12. The van der Waals surface area contributed by atoms with Crippen LogP contribution in [0.4, 0.5) is 5.69 Å². The monoisotopic (exact) mass is 385 g/mol. The van der Waals surface area contributed by atoms with Gasteiger partial charge in [-0.2, -0.15) is 0 Å². The molecule has 1 unspecified atom stereocenters. The van der Waals surface area contributed by atoms with Crippen LogP contribution in [0.1, 0.15) is 46.4 Å². The van der Waals surface area contributed by atoms with Crippen LogP contribution in [-0.2, 0) is 23.7 Å². The molecule has 0 aromatic heterocycles. The highest BCUT2D eigenvalue weighted by Crippen LogP contribution is 2.36. The second-order valence-corrected chi connectivity index (χ2v) is 6.24. The minimum Gasteiger partial charge on any atom is -0.465 e. The van der Waals surface area contributed by atoms with E-state index in [4.69, 9.17) is 18.9 Å². The van der Waals surface area contributed by atoms with Crippen LogP contribution in [0.3, 0.4) is 0 Å². The number of carbonyl (C=O) groups excluding carboxylic acids is 2. The van der Waals surface area contributed by atoms with Gasteiger partial charge in [0.15, 0.2) is 12.4 Å². The normalized spacial score (nSPS) is 15.1. The van der Waals surface area contributed by atoms with Gasteiger partial charge in [-0.15, -0.1) is 0 Å². The van der Waals surface area contributed by atoms with E-state index < -0.39 is 24.3 Å². The summed E-state index contributed by atoms with van der Waals surface area (Å²) in [6, 6.07) is 12.7. The number of methoxy groups -OCH3 is 1. The third kappa shape index (κ3) is 4.16. The molecule has 0 spiro atoms. The molecular weight excluding hydrogens is 362 g/mol. The molecule has 148 valence electrons. The zero-order valence-electron chi connectivity index (χ0n) is 16.1. The Morgan fingerprint density at radius 3 is 2.50 bits per heavy atom. The van der Waals surface area contributed by atoms with Gasteiger partial charge < -0.3 is 24.3 Å². The number of hydrogen-bond donors (Lipinski definition) is 1. The van der Waals surface area contributed by atoms with Crippen LogP contribution in [0.15, 0.2) is 42.5 Å². The highest BCUT2D eigenvalue weighted by Gasteiger charge is 2.28. The molecule has 1 aliphatic heterocycles. The second kappa shape index (κ2) is 8.86. The lowest BCUT2D eigenvalue weighted by Gasteiger charge is -2.23. The van der Waals surface area contributed by atoms with Gasteiger partial charge in [0.05, 0.1) is 25.9 Å². The Kier molecular flexibility index (Phi) is 6.28. The maximum atomic E-state index is 12.2. The van der Waals surface area contributed by atoms with Gasteiger partial charge in [-0.1, -0.05) is 30.3 Å². The predicted octanol–water partition coefficient (Wildman–Crippen LogP) is 3.21. The molecule has 0 amide bonds. The molecular formula is C21H23NO6. The molecule has 0 saturated carbocycles. The first-order chi connectivity index (χ1) is 13.5. The first kappa shape index (κ1) is 19.9. The predicted molar refractivity (Wildman–Crippen MR) is 102 cm³/mol. The van der Waals surface area contributed by atoms with Gasteiger partial charge in [0, 0.05) is 30.8 Å². The Morgan fingerprint density at radius 1 is 1.14 bits per heavy atom. The van der Waals surface area contributed by atoms with E-state index in [1.54, 1.807) is 25.2 Å². The number of hydrogen-bond acceptors (Lipinski definition) is 7. The van der Waals surface area contributed by atoms with Crippen molar-refractivity contribution in [2.45, 2.75) is 19.3 Å². The highest BCUT2D eigenvalue weighted by molar-refractivity contribution is 5.95. The fourth-order valence-electron chi connectivity index (χ4n) is 3.20. The lowest BCUT2D eigenvalue weighted by atomic mass is 9.94. The molecule has 28 heavy (non-hydrogen) atoms. The number of nitrogens with one attached hydrogen (secondary N) is 1. The van der Waals surface area contributed by atoms with E-state index in [0.717, 1.165) is 11.1 Å². The van der Waals surface area contributed by atoms with Crippen molar-refractivity contribution in [1.82, 2.24) is 0 Å². The van der Waals surface area contributed by atoms with Gasteiger partial charge >= 0.3 is 11.9 Å². The second-order valence-electron chi connectivity index (χ2n) is 6.24. The Labute approximate surface area is 163 Å². The summed E-state index contributed by atoms with van der Waals surface area (Å²) in [4.78, 5) is 24.0. The van der Waals surface area contributed by atoms with Crippen LogP contribution in [0, 0.1) is 0 Å². The van der Waals surface area contributed by atoms with Gasteiger partial charge in [0.1, 0.15) is 0 Å². The summed E-state index contributed by atoms with van der Waals surface area (Å²) < 4.78 is 21.8. The smallest absolute Gasteiger partial charge is 0.339 e. The van der Waals surface area contributed by atoms with Crippen molar-refractivity contribution in [2.75, 3.05) is 32.7 Å². The lowest BCUT2D eigenvalue weighted by Crippen LogP contribution is -2.15. The van der Waals surface area contributed by atoms with Crippen LogP contribution in [0.25, 0.3) is 0 Å². The minimum atomic E-state index is -0.726. The average Bonchev–Trinajstić information content (AvgIpc) is 3.25. The summed E-state index contributed by atoms with van der Waals surface area (Å²) >= 11 is 0. The molecule has 1 heterocycles. The minimum absolute atomic E-state index is 0.352. The molecule has 2 aromatic carbocycles. The molecule has 0 bridgehead atoms. The number of ether oxygens (including phenoxy) is 4. The number of anilines is 1. The molecule has 2 aromatic rings. The topological polar surface area (TPSA) is 83.1 Å². The zero-order chi connectivity index (χ0) is 20.1. The average molecular weight is 385 g/mol. The highest BCUT2D eigenvalue weighted by atomic mass is 16.7. The van der Waals surface area contributed by atoms with E-state index >= 15 is 0 Å². The molecule has 1 saturated heterocycles. The maximum Gasteiger partial charge on any atom is 0.339 e. The van der Waals surface area contributed by atoms with E-state index in [1.807, 2.05) is 24.3 Å². The third-order valence-corrected chi connectivity index (χ3v) is 4.46. The molecule has 0 aliphatic carbocycles. The first-order valence-electron chi connectivity index (χ1n) is 8.94. The first-order valence-corrected chi connectivity index (χ1v) is 8.94. The summed E-state index contributed by atoms with van der Waals surface area (Å²) in [6.45, 7) is 2.35.